The zero-order valence-electron chi connectivity index (χ0n) is 9.95. The van der Waals surface area contributed by atoms with Crippen molar-refractivity contribution in [1.29, 1.82) is 0 Å². The van der Waals surface area contributed by atoms with Gasteiger partial charge in [-0.3, -0.25) is 4.79 Å². The molecule has 1 aromatic carbocycles. The Kier molecular flexibility index (Phi) is 3.57. The number of rotatable bonds is 5. The molecule has 1 heterocycles. The molecule has 90 valence electrons. The fraction of sp³-hybridized carbons (Fsp3) is 0.357. The van der Waals surface area contributed by atoms with Crippen LogP contribution in [0.2, 0.25) is 0 Å². The topological polar surface area (TPSA) is 22.0 Å². The molecule has 2 aromatic rings. The van der Waals surface area contributed by atoms with Crippen molar-refractivity contribution in [3.63, 3.8) is 0 Å². The molecule has 0 spiro atoms. The number of halogens is 1. The fourth-order valence-electron chi connectivity index (χ4n) is 1.98. The predicted octanol–water partition coefficient (Wildman–Crippen LogP) is 3.54. The minimum atomic E-state index is -0.220. The standard InChI is InChI=1S/C14H16FNO/c1-2-13(17)4-3-8-16-9-7-11-5-6-12(15)10-14(11)16/h5-7,9-10H,2-4,8H2,1H3. The molecule has 0 bridgehead atoms. The third kappa shape index (κ3) is 2.73. The molecule has 0 radical (unpaired) electrons. The highest BCUT2D eigenvalue weighted by Crippen LogP contribution is 2.17. The smallest absolute Gasteiger partial charge is 0.132 e. The number of nitrogens with zero attached hydrogens (tertiary/aromatic N) is 1. The molecule has 0 fully saturated rings. The number of carbonyl (C=O) groups excluding carboxylic acids is 1. The van der Waals surface area contributed by atoms with E-state index in [1.807, 2.05) is 23.8 Å². The Balaban J connectivity index is 2.08. The zero-order chi connectivity index (χ0) is 12.3. The summed E-state index contributed by atoms with van der Waals surface area (Å²) in [5, 5.41) is 1.04. The average Bonchev–Trinajstić information content (AvgIpc) is 2.72. The van der Waals surface area contributed by atoms with Gasteiger partial charge in [0.1, 0.15) is 11.6 Å². The number of carbonyl (C=O) groups is 1. The van der Waals surface area contributed by atoms with Gasteiger partial charge < -0.3 is 4.57 Å². The van der Waals surface area contributed by atoms with Crippen LogP contribution >= 0.6 is 0 Å². The fourth-order valence-corrected chi connectivity index (χ4v) is 1.98. The van der Waals surface area contributed by atoms with Gasteiger partial charge in [0.2, 0.25) is 0 Å². The molecule has 3 heteroatoms. The van der Waals surface area contributed by atoms with E-state index >= 15 is 0 Å². The van der Waals surface area contributed by atoms with Gasteiger partial charge in [0.25, 0.3) is 0 Å². The van der Waals surface area contributed by atoms with Gasteiger partial charge in [0.05, 0.1) is 5.52 Å². The van der Waals surface area contributed by atoms with Crippen molar-refractivity contribution in [3.8, 4) is 0 Å². The quantitative estimate of drug-likeness (QED) is 0.774. The molecule has 0 aliphatic carbocycles. The molecule has 17 heavy (non-hydrogen) atoms. The van der Waals surface area contributed by atoms with E-state index < -0.39 is 0 Å². The first-order chi connectivity index (χ1) is 8.20. The van der Waals surface area contributed by atoms with Crippen molar-refractivity contribution < 1.29 is 9.18 Å². The summed E-state index contributed by atoms with van der Waals surface area (Å²) in [5.41, 5.74) is 0.897. The van der Waals surface area contributed by atoms with Gasteiger partial charge in [-0.1, -0.05) is 6.92 Å². The van der Waals surface area contributed by atoms with E-state index in [0.717, 1.165) is 23.9 Å². The number of hydrogen-bond acceptors (Lipinski definition) is 1. The minimum Gasteiger partial charge on any atom is -0.347 e. The van der Waals surface area contributed by atoms with Gasteiger partial charge in [0, 0.05) is 25.6 Å². The van der Waals surface area contributed by atoms with Crippen molar-refractivity contribution in [2.24, 2.45) is 0 Å². The van der Waals surface area contributed by atoms with E-state index in [1.165, 1.54) is 12.1 Å². The lowest BCUT2D eigenvalue weighted by Gasteiger charge is -2.04. The SMILES string of the molecule is CCC(=O)CCCn1ccc2ccc(F)cc21. The van der Waals surface area contributed by atoms with Crippen molar-refractivity contribution >= 4 is 16.7 Å². The van der Waals surface area contributed by atoms with Crippen LogP contribution in [0.25, 0.3) is 10.9 Å². The molecule has 2 rings (SSSR count). The molecule has 0 aliphatic heterocycles. The zero-order valence-corrected chi connectivity index (χ0v) is 9.95. The first kappa shape index (κ1) is 11.8. The Labute approximate surface area is 100 Å². The Morgan fingerprint density at radius 3 is 2.94 bits per heavy atom. The summed E-state index contributed by atoms with van der Waals surface area (Å²) in [6.45, 7) is 2.64. The van der Waals surface area contributed by atoms with Crippen LogP contribution in [-0.4, -0.2) is 10.4 Å². The van der Waals surface area contributed by atoms with E-state index in [4.69, 9.17) is 0 Å². The molecular weight excluding hydrogens is 217 g/mol. The van der Waals surface area contributed by atoms with Crippen LogP contribution < -0.4 is 0 Å². The maximum atomic E-state index is 13.1. The van der Waals surface area contributed by atoms with E-state index in [1.54, 1.807) is 6.07 Å². The summed E-state index contributed by atoms with van der Waals surface area (Å²) in [7, 11) is 0. The summed E-state index contributed by atoms with van der Waals surface area (Å²) in [4.78, 5) is 11.2. The second-order valence-electron chi connectivity index (χ2n) is 4.21. The lowest BCUT2D eigenvalue weighted by molar-refractivity contribution is -0.118. The summed E-state index contributed by atoms with van der Waals surface area (Å²) in [6.07, 6.45) is 3.96. The number of ketones is 1. The average molecular weight is 233 g/mol. The van der Waals surface area contributed by atoms with Gasteiger partial charge in [-0.05, 0) is 36.1 Å². The van der Waals surface area contributed by atoms with Gasteiger partial charge in [0.15, 0.2) is 0 Å². The highest BCUT2D eigenvalue weighted by atomic mass is 19.1. The Hall–Kier alpha value is -1.64. The minimum absolute atomic E-state index is 0.220. The van der Waals surface area contributed by atoms with Crippen LogP contribution in [0.1, 0.15) is 26.2 Å². The summed E-state index contributed by atoms with van der Waals surface area (Å²) >= 11 is 0. The highest BCUT2D eigenvalue weighted by Gasteiger charge is 2.03. The van der Waals surface area contributed by atoms with Crippen molar-refractivity contribution in [2.45, 2.75) is 32.7 Å². The molecule has 0 N–H and O–H groups in total. The molecular formula is C14H16FNO. The Morgan fingerprint density at radius 2 is 2.18 bits per heavy atom. The number of hydrogen-bond donors (Lipinski definition) is 0. The van der Waals surface area contributed by atoms with Crippen molar-refractivity contribution in [2.75, 3.05) is 0 Å². The molecule has 0 aliphatic rings. The maximum absolute atomic E-state index is 13.1. The van der Waals surface area contributed by atoms with Gasteiger partial charge in [-0.2, -0.15) is 0 Å². The van der Waals surface area contributed by atoms with Crippen LogP contribution in [0, 0.1) is 5.82 Å². The van der Waals surface area contributed by atoms with Crippen LogP contribution in [0.3, 0.4) is 0 Å². The number of fused-ring (bicyclic) bond motifs is 1. The summed E-state index contributed by atoms with van der Waals surface area (Å²) in [6, 6.07) is 6.75. The number of benzene rings is 1. The highest BCUT2D eigenvalue weighted by molar-refractivity contribution is 5.80. The van der Waals surface area contributed by atoms with Crippen molar-refractivity contribution in [3.05, 3.63) is 36.3 Å². The van der Waals surface area contributed by atoms with Gasteiger partial charge in [-0.25, -0.2) is 4.39 Å². The normalized spacial score (nSPS) is 10.9. The summed E-state index contributed by atoms with van der Waals surface area (Å²) < 4.78 is 15.1. The number of Topliss-reactive ketones (excluding diaryl/α,β-unsaturated/α-hetero) is 1. The lowest BCUT2D eigenvalue weighted by atomic mass is 10.2. The third-order valence-corrected chi connectivity index (χ3v) is 2.98. The Bertz CT molecular complexity index is 530. The molecule has 2 nitrogen and oxygen atoms in total. The molecule has 0 amide bonds. The van der Waals surface area contributed by atoms with Crippen LogP contribution in [0.15, 0.2) is 30.5 Å². The third-order valence-electron chi connectivity index (χ3n) is 2.98. The predicted molar refractivity (Wildman–Crippen MR) is 66.4 cm³/mol. The lowest BCUT2D eigenvalue weighted by Crippen LogP contribution is -2.01. The van der Waals surface area contributed by atoms with Crippen LogP contribution in [0.5, 0.6) is 0 Å². The number of aryl methyl sites for hydroxylation is 1. The second-order valence-corrected chi connectivity index (χ2v) is 4.21. The molecule has 0 saturated heterocycles. The first-order valence-electron chi connectivity index (χ1n) is 5.97. The molecule has 0 unspecified atom stereocenters. The monoisotopic (exact) mass is 233 g/mol. The maximum Gasteiger partial charge on any atom is 0.132 e. The van der Waals surface area contributed by atoms with Crippen molar-refractivity contribution in [1.82, 2.24) is 4.57 Å². The molecule has 1 aromatic heterocycles. The summed E-state index contributed by atoms with van der Waals surface area (Å²) in [5.74, 6) is 0.0646. The molecule has 0 atom stereocenters. The Morgan fingerprint density at radius 1 is 1.35 bits per heavy atom. The number of aromatic nitrogens is 1. The van der Waals surface area contributed by atoms with E-state index in [0.29, 0.717) is 12.8 Å². The van der Waals surface area contributed by atoms with E-state index in [9.17, 15) is 9.18 Å². The second kappa shape index (κ2) is 5.13. The largest absolute Gasteiger partial charge is 0.347 e. The van der Waals surface area contributed by atoms with Crippen LogP contribution in [-0.2, 0) is 11.3 Å². The van der Waals surface area contributed by atoms with E-state index in [2.05, 4.69) is 0 Å². The molecule has 0 saturated carbocycles. The van der Waals surface area contributed by atoms with Crippen LogP contribution in [0.4, 0.5) is 4.39 Å². The first-order valence-corrected chi connectivity index (χ1v) is 5.97. The van der Waals surface area contributed by atoms with E-state index in [-0.39, 0.29) is 11.6 Å². The van der Waals surface area contributed by atoms with Gasteiger partial charge >= 0.3 is 0 Å². The van der Waals surface area contributed by atoms with Gasteiger partial charge in [-0.15, -0.1) is 0 Å².